The van der Waals surface area contributed by atoms with Gasteiger partial charge in [0.1, 0.15) is 11.8 Å². The molecule has 0 bridgehead atoms. The molecule has 0 N–H and O–H groups in total. The van der Waals surface area contributed by atoms with Crippen molar-refractivity contribution in [3.05, 3.63) is 61.7 Å². The summed E-state index contributed by atoms with van der Waals surface area (Å²) in [6.07, 6.45) is 0. The molecule has 0 amide bonds. The highest BCUT2D eigenvalue weighted by Crippen LogP contribution is 2.27. The summed E-state index contributed by atoms with van der Waals surface area (Å²) in [5.41, 5.74) is 0.667. The minimum absolute atomic E-state index is 0.0829. The first-order valence-corrected chi connectivity index (χ1v) is 6.41. The zero-order chi connectivity index (χ0) is 13.8. The second kappa shape index (κ2) is 5.99. The van der Waals surface area contributed by atoms with E-state index in [2.05, 4.69) is 20.9 Å². The number of rotatable bonds is 4. The van der Waals surface area contributed by atoms with Crippen LogP contribution in [0, 0.1) is 10.1 Å². The van der Waals surface area contributed by atoms with E-state index in [0.717, 1.165) is 10.0 Å². The molecule has 0 aliphatic carbocycles. The number of pyridine rings is 1. The van der Waals surface area contributed by atoms with Crippen LogP contribution in [0.3, 0.4) is 0 Å². The third-order valence-electron chi connectivity index (χ3n) is 2.29. The Kier molecular flexibility index (Phi) is 4.34. The topological polar surface area (TPSA) is 65.3 Å². The molecule has 98 valence electrons. The van der Waals surface area contributed by atoms with E-state index in [9.17, 15) is 10.1 Å². The highest BCUT2D eigenvalue weighted by Gasteiger charge is 2.17. The molecule has 0 saturated heterocycles. The smallest absolute Gasteiger partial charge is 0.331 e. The number of hydrogen-bond acceptors (Lipinski definition) is 4. The van der Waals surface area contributed by atoms with Gasteiger partial charge >= 0.3 is 5.69 Å². The van der Waals surface area contributed by atoms with Crippen molar-refractivity contribution in [1.29, 1.82) is 0 Å². The number of hydrogen-bond donors (Lipinski definition) is 0. The normalized spacial score (nSPS) is 10.2. The maximum atomic E-state index is 10.8. The van der Waals surface area contributed by atoms with E-state index in [1.54, 1.807) is 0 Å². The van der Waals surface area contributed by atoms with Crippen molar-refractivity contribution >= 4 is 33.2 Å². The van der Waals surface area contributed by atoms with Crippen LogP contribution in [0.4, 0.5) is 5.69 Å². The summed E-state index contributed by atoms with van der Waals surface area (Å²) in [6.45, 7) is 0.182. The van der Waals surface area contributed by atoms with Gasteiger partial charge in [0.05, 0.1) is 4.92 Å². The summed E-state index contributed by atoms with van der Waals surface area (Å²) in [7, 11) is 0. The molecule has 0 atom stereocenters. The Bertz CT molecular complexity index is 604. The molecule has 0 spiro atoms. The van der Waals surface area contributed by atoms with Crippen LogP contribution in [0.5, 0.6) is 5.88 Å². The monoisotopic (exact) mass is 342 g/mol. The maximum absolute atomic E-state index is 10.8. The van der Waals surface area contributed by atoms with Gasteiger partial charge in [-0.3, -0.25) is 10.1 Å². The van der Waals surface area contributed by atoms with Crippen LogP contribution in [0.1, 0.15) is 5.56 Å². The largest absolute Gasteiger partial charge is 0.468 e. The summed E-state index contributed by atoms with van der Waals surface area (Å²) in [5.74, 6) is -0.0829. The van der Waals surface area contributed by atoms with Gasteiger partial charge in [0.25, 0.3) is 5.88 Å². The summed E-state index contributed by atoms with van der Waals surface area (Å²) < 4.78 is 6.30. The van der Waals surface area contributed by atoms with Crippen molar-refractivity contribution in [1.82, 2.24) is 4.98 Å². The Balaban J connectivity index is 2.16. The zero-order valence-corrected chi connectivity index (χ0v) is 11.9. The number of nitro groups is 1. The predicted octanol–water partition coefficient (Wildman–Crippen LogP) is 3.98. The van der Waals surface area contributed by atoms with Gasteiger partial charge in [-0.2, -0.15) is 4.98 Å². The molecular weight excluding hydrogens is 336 g/mol. The average Bonchev–Trinajstić information content (AvgIpc) is 2.38. The van der Waals surface area contributed by atoms with Crippen molar-refractivity contribution in [3.8, 4) is 5.88 Å². The van der Waals surface area contributed by atoms with Crippen LogP contribution >= 0.6 is 27.5 Å². The molecule has 19 heavy (non-hydrogen) atoms. The van der Waals surface area contributed by atoms with Gasteiger partial charge in [0.2, 0.25) is 0 Å². The molecule has 0 radical (unpaired) electrons. The fraction of sp³-hybridized carbons (Fsp3) is 0.0833. The zero-order valence-electron chi connectivity index (χ0n) is 9.55. The lowest BCUT2D eigenvalue weighted by Gasteiger charge is -2.06. The maximum Gasteiger partial charge on any atom is 0.331 e. The Hall–Kier alpha value is -1.66. The molecule has 1 aromatic heterocycles. The lowest BCUT2D eigenvalue weighted by molar-refractivity contribution is -0.386. The first kappa shape index (κ1) is 13.8. The second-order valence-corrected chi connectivity index (χ2v) is 4.93. The van der Waals surface area contributed by atoms with Crippen molar-refractivity contribution in [2.45, 2.75) is 6.61 Å². The number of aromatic nitrogens is 1. The molecule has 0 unspecified atom stereocenters. The van der Waals surface area contributed by atoms with E-state index >= 15 is 0 Å². The van der Waals surface area contributed by atoms with Gasteiger partial charge in [-0.15, -0.1) is 0 Å². The number of nitrogens with zero attached hydrogens (tertiary/aromatic N) is 2. The molecule has 0 aliphatic heterocycles. The van der Waals surface area contributed by atoms with Crippen molar-refractivity contribution in [2.75, 3.05) is 0 Å². The van der Waals surface area contributed by atoms with E-state index in [1.165, 1.54) is 12.1 Å². The molecule has 5 nitrogen and oxygen atoms in total. The Labute approximate surface area is 122 Å². The number of ether oxygens (including phenoxy) is 1. The number of benzene rings is 1. The Morgan fingerprint density at radius 2 is 1.95 bits per heavy atom. The van der Waals surface area contributed by atoms with Crippen LogP contribution in [-0.2, 0) is 6.61 Å². The standard InChI is InChI=1S/C12H8BrClN2O3/c13-9-3-1-8(2-4-9)7-19-12-10(16(17)18)5-6-11(14)15-12/h1-6H,7H2. The third kappa shape index (κ3) is 3.65. The first-order valence-electron chi connectivity index (χ1n) is 5.24. The van der Waals surface area contributed by atoms with Gasteiger partial charge in [0, 0.05) is 10.5 Å². The number of halogens is 2. The summed E-state index contributed by atoms with van der Waals surface area (Å²) in [6, 6.07) is 10.0. The molecule has 7 heteroatoms. The predicted molar refractivity (Wildman–Crippen MR) is 74.4 cm³/mol. The highest BCUT2D eigenvalue weighted by molar-refractivity contribution is 9.10. The molecule has 2 aromatic rings. The molecule has 1 aromatic carbocycles. The molecule has 2 rings (SSSR count). The van der Waals surface area contributed by atoms with Crippen molar-refractivity contribution < 1.29 is 9.66 Å². The Morgan fingerprint density at radius 3 is 2.58 bits per heavy atom. The van der Waals surface area contributed by atoms with Crippen LogP contribution in [0.2, 0.25) is 5.15 Å². The van der Waals surface area contributed by atoms with E-state index in [-0.39, 0.29) is 23.3 Å². The van der Waals surface area contributed by atoms with Gasteiger partial charge in [-0.25, -0.2) is 0 Å². The highest BCUT2D eigenvalue weighted by atomic mass is 79.9. The Morgan fingerprint density at radius 1 is 1.26 bits per heavy atom. The van der Waals surface area contributed by atoms with Gasteiger partial charge in [-0.1, -0.05) is 39.7 Å². The quantitative estimate of drug-likeness (QED) is 0.478. The fourth-order valence-corrected chi connectivity index (χ4v) is 1.79. The molecule has 0 saturated carbocycles. The van der Waals surface area contributed by atoms with Gasteiger partial charge < -0.3 is 4.74 Å². The SMILES string of the molecule is O=[N+]([O-])c1ccc(Cl)nc1OCc1ccc(Br)cc1. The minimum atomic E-state index is -0.555. The molecule has 1 heterocycles. The molecule has 0 fully saturated rings. The summed E-state index contributed by atoms with van der Waals surface area (Å²) in [5, 5.41) is 11.0. The minimum Gasteiger partial charge on any atom is -0.468 e. The van der Waals surface area contributed by atoms with Crippen LogP contribution in [0.15, 0.2) is 40.9 Å². The van der Waals surface area contributed by atoms with E-state index in [4.69, 9.17) is 16.3 Å². The van der Waals surface area contributed by atoms with Gasteiger partial charge in [-0.05, 0) is 23.8 Å². The summed E-state index contributed by atoms with van der Waals surface area (Å²) in [4.78, 5) is 14.1. The molecular formula is C12H8BrClN2O3. The van der Waals surface area contributed by atoms with E-state index < -0.39 is 4.92 Å². The fourth-order valence-electron chi connectivity index (χ4n) is 1.39. The average molecular weight is 344 g/mol. The van der Waals surface area contributed by atoms with E-state index in [0.29, 0.717) is 0 Å². The van der Waals surface area contributed by atoms with Crippen LogP contribution in [0.25, 0.3) is 0 Å². The van der Waals surface area contributed by atoms with Crippen LogP contribution in [-0.4, -0.2) is 9.91 Å². The van der Waals surface area contributed by atoms with Crippen molar-refractivity contribution in [2.24, 2.45) is 0 Å². The lowest BCUT2D eigenvalue weighted by Crippen LogP contribution is -2.01. The third-order valence-corrected chi connectivity index (χ3v) is 3.03. The lowest BCUT2D eigenvalue weighted by atomic mass is 10.2. The molecule has 0 aliphatic rings. The van der Waals surface area contributed by atoms with Gasteiger partial charge in [0.15, 0.2) is 0 Å². The summed E-state index contributed by atoms with van der Waals surface area (Å²) >= 11 is 9.03. The second-order valence-electron chi connectivity index (χ2n) is 3.63. The van der Waals surface area contributed by atoms with Crippen molar-refractivity contribution in [3.63, 3.8) is 0 Å². The van der Waals surface area contributed by atoms with E-state index in [1.807, 2.05) is 24.3 Å². The van der Waals surface area contributed by atoms with Crippen LogP contribution < -0.4 is 4.74 Å². The first-order chi connectivity index (χ1) is 9.06.